The fourth-order valence-corrected chi connectivity index (χ4v) is 3.46. The van der Waals surface area contributed by atoms with Gasteiger partial charge in [-0.15, -0.1) is 0 Å². The van der Waals surface area contributed by atoms with Crippen molar-refractivity contribution < 1.29 is 14.0 Å². The molecule has 0 aliphatic carbocycles. The lowest BCUT2D eigenvalue weighted by Crippen LogP contribution is -2.36. The molecule has 0 aliphatic rings. The Morgan fingerprint density at radius 2 is 1.97 bits per heavy atom. The number of thioether (sulfide) groups is 1. The molecule has 0 unspecified atom stereocenters. The fraction of sp³-hybridized carbons (Fsp3) is 0.200. The summed E-state index contributed by atoms with van der Waals surface area (Å²) < 4.78 is 6.64. The van der Waals surface area contributed by atoms with Crippen LogP contribution in [0.4, 0.5) is 11.7 Å². The molecule has 1 amide bonds. The Labute approximate surface area is 177 Å². The molecule has 0 bridgehead atoms. The Kier molecular flexibility index (Phi) is 6.30. The van der Waals surface area contributed by atoms with Crippen LogP contribution in [-0.2, 0) is 4.79 Å². The van der Waals surface area contributed by atoms with Crippen molar-refractivity contribution in [1.29, 1.82) is 10.5 Å². The van der Waals surface area contributed by atoms with E-state index in [1.54, 1.807) is 35.1 Å². The molecule has 0 atom stereocenters. The van der Waals surface area contributed by atoms with E-state index in [1.807, 2.05) is 26.0 Å². The molecule has 9 nitrogen and oxygen atoms in total. The Balaban J connectivity index is 1.86. The minimum atomic E-state index is -0.359. The summed E-state index contributed by atoms with van der Waals surface area (Å²) in [5.41, 5.74) is 7.38. The summed E-state index contributed by atoms with van der Waals surface area (Å²) in [4.78, 5) is 16.5. The summed E-state index contributed by atoms with van der Waals surface area (Å²) in [5, 5.41) is 26.0. The summed E-state index contributed by atoms with van der Waals surface area (Å²) in [6.45, 7) is 3.86. The van der Waals surface area contributed by atoms with Gasteiger partial charge in [-0.1, -0.05) is 42.1 Å². The molecule has 150 valence electrons. The molecule has 0 spiro atoms. The molecule has 2 aromatic heterocycles. The quantitative estimate of drug-likeness (QED) is 0.457. The third kappa shape index (κ3) is 4.40. The van der Waals surface area contributed by atoms with Gasteiger partial charge in [0.15, 0.2) is 6.04 Å². The van der Waals surface area contributed by atoms with Crippen molar-refractivity contribution in [2.24, 2.45) is 0 Å². The zero-order valence-electron chi connectivity index (χ0n) is 16.3. The van der Waals surface area contributed by atoms with Gasteiger partial charge in [0.1, 0.15) is 28.5 Å². The average molecular weight is 420 g/mol. The third-order valence-corrected chi connectivity index (χ3v) is 5.07. The molecule has 3 aromatic rings. The minimum Gasteiger partial charge on any atom is -0.383 e. The first-order valence-corrected chi connectivity index (χ1v) is 9.93. The number of hydrogen-bond acceptors (Lipinski definition) is 8. The highest BCUT2D eigenvalue weighted by atomic mass is 32.2. The summed E-state index contributed by atoms with van der Waals surface area (Å²) in [6.07, 6.45) is 1.58. The van der Waals surface area contributed by atoms with Gasteiger partial charge in [0.25, 0.3) is 6.20 Å². The van der Waals surface area contributed by atoms with Crippen molar-refractivity contribution in [3.05, 3.63) is 47.7 Å². The number of nitrogens with zero attached hydrogens (tertiary/aromatic N) is 5. The van der Waals surface area contributed by atoms with Crippen molar-refractivity contribution in [2.75, 3.05) is 16.8 Å². The van der Waals surface area contributed by atoms with Gasteiger partial charge in [-0.3, -0.25) is 14.6 Å². The zero-order valence-corrected chi connectivity index (χ0v) is 17.1. The van der Waals surface area contributed by atoms with E-state index in [2.05, 4.69) is 21.6 Å². The standard InChI is InChI=1S/C20H17N7O2S/c1-12(2)27-10-17(29-26-27)24-16(28)11-30-20-15(9-22)18(13-6-4-3-5-7-13)14(8-21)19(23)25-20/h3-7,10,12H,11H2,1-2H3,(H2-,23,24,25,26,28)/p+1. The zero-order chi connectivity index (χ0) is 21.7. The SMILES string of the molecule is CC(C)[n+]1cc(NC(=O)CSc2nc(N)c(C#N)c(-c3ccccc3)c2C#N)on1. The van der Waals surface area contributed by atoms with Crippen molar-refractivity contribution in [1.82, 2.24) is 10.3 Å². The predicted molar refractivity (Wildman–Crippen MR) is 110 cm³/mol. The lowest BCUT2D eigenvalue weighted by molar-refractivity contribution is -0.779. The number of benzene rings is 1. The monoisotopic (exact) mass is 420 g/mol. The van der Waals surface area contributed by atoms with Crippen LogP contribution in [0.3, 0.4) is 0 Å². The summed E-state index contributed by atoms with van der Waals surface area (Å²) in [7, 11) is 0. The number of pyridine rings is 1. The van der Waals surface area contributed by atoms with Gasteiger partial charge in [-0.2, -0.15) is 10.5 Å². The maximum Gasteiger partial charge on any atom is 0.302 e. The lowest BCUT2D eigenvalue weighted by atomic mass is 9.97. The lowest BCUT2D eigenvalue weighted by Gasteiger charge is -2.12. The van der Waals surface area contributed by atoms with Crippen LogP contribution in [0.2, 0.25) is 0 Å². The molecular formula is C20H18N7O2S+. The number of rotatable bonds is 6. The van der Waals surface area contributed by atoms with Crippen LogP contribution in [0.5, 0.6) is 0 Å². The number of nitrogens with one attached hydrogen (secondary N) is 1. The number of nitrogen functional groups attached to an aromatic ring is 1. The maximum atomic E-state index is 12.3. The van der Waals surface area contributed by atoms with E-state index in [1.165, 1.54) is 0 Å². The molecule has 10 heteroatoms. The van der Waals surface area contributed by atoms with E-state index >= 15 is 0 Å². The molecule has 0 fully saturated rings. The van der Waals surface area contributed by atoms with Gasteiger partial charge in [0.05, 0.1) is 11.3 Å². The predicted octanol–water partition coefficient (Wildman–Crippen LogP) is 2.66. The second-order valence-electron chi connectivity index (χ2n) is 6.49. The van der Waals surface area contributed by atoms with Crippen molar-refractivity contribution in [3.63, 3.8) is 0 Å². The van der Waals surface area contributed by atoms with Crippen LogP contribution in [-0.4, -0.2) is 21.9 Å². The van der Waals surface area contributed by atoms with Gasteiger partial charge in [-0.05, 0) is 24.1 Å². The van der Waals surface area contributed by atoms with E-state index in [-0.39, 0.29) is 45.6 Å². The minimum absolute atomic E-state index is 0.00599. The Hall–Kier alpha value is -3.89. The van der Waals surface area contributed by atoms with Gasteiger partial charge in [0, 0.05) is 5.56 Å². The van der Waals surface area contributed by atoms with E-state index < -0.39 is 0 Å². The van der Waals surface area contributed by atoms with Crippen LogP contribution < -0.4 is 15.7 Å². The van der Waals surface area contributed by atoms with Crippen molar-refractivity contribution >= 4 is 29.4 Å². The highest BCUT2D eigenvalue weighted by molar-refractivity contribution is 8.00. The third-order valence-electron chi connectivity index (χ3n) is 4.09. The van der Waals surface area contributed by atoms with E-state index in [0.29, 0.717) is 11.1 Å². The molecule has 30 heavy (non-hydrogen) atoms. The highest BCUT2D eigenvalue weighted by Gasteiger charge is 2.22. The fourth-order valence-electron chi connectivity index (χ4n) is 2.66. The number of carbonyl (C=O) groups is 1. The van der Waals surface area contributed by atoms with E-state index in [0.717, 1.165) is 11.8 Å². The normalized spacial score (nSPS) is 10.4. The van der Waals surface area contributed by atoms with Crippen LogP contribution in [0.1, 0.15) is 31.0 Å². The number of hydrogen-bond donors (Lipinski definition) is 2. The van der Waals surface area contributed by atoms with Crippen LogP contribution in [0, 0.1) is 22.7 Å². The number of nitriles is 2. The average Bonchev–Trinajstić information content (AvgIpc) is 3.21. The van der Waals surface area contributed by atoms with Gasteiger partial charge in [-0.25, -0.2) is 4.98 Å². The Morgan fingerprint density at radius 1 is 1.27 bits per heavy atom. The number of nitrogens with two attached hydrogens (primary N) is 1. The second-order valence-corrected chi connectivity index (χ2v) is 7.46. The first kappa shape index (κ1) is 20.8. The molecule has 0 radical (unpaired) electrons. The summed E-state index contributed by atoms with van der Waals surface area (Å²) in [5.74, 6) is -0.177. The number of carbonyl (C=O) groups excluding carboxylic acids is 1. The van der Waals surface area contributed by atoms with E-state index in [9.17, 15) is 15.3 Å². The molecule has 3 rings (SSSR count). The van der Waals surface area contributed by atoms with Gasteiger partial charge < -0.3 is 5.73 Å². The first-order chi connectivity index (χ1) is 14.4. The molecule has 0 aliphatic heterocycles. The summed E-state index contributed by atoms with van der Waals surface area (Å²) in [6, 6.07) is 13.2. The van der Waals surface area contributed by atoms with Crippen LogP contribution >= 0.6 is 11.8 Å². The van der Waals surface area contributed by atoms with Gasteiger partial charge >= 0.3 is 5.88 Å². The van der Waals surface area contributed by atoms with Gasteiger partial charge in [0.2, 0.25) is 11.2 Å². The largest absolute Gasteiger partial charge is 0.383 e. The molecule has 2 heterocycles. The maximum absolute atomic E-state index is 12.3. The molecule has 0 saturated carbocycles. The second kappa shape index (κ2) is 9.07. The van der Waals surface area contributed by atoms with Crippen LogP contribution in [0.15, 0.2) is 46.1 Å². The number of aromatic nitrogens is 3. The molecule has 0 saturated heterocycles. The summed E-state index contributed by atoms with van der Waals surface area (Å²) >= 11 is 1.05. The molecule has 1 aromatic carbocycles. The van der Waals surface area contributed by atoms with Crippen LogP contribution in [0.25, 0.3) is 11.1 Å². The number of anilines is 2. The highest BCUT2D eigenvalue weighted by Crippen LogP contribution is 2.35. The Morgan fingerprint density at radius 3 is 2.57 bits per heavy atom. The molecule has 3 N–H and O–H groups in total. The van der Waals surface area contributed by atoms with Crippen molar-refractivity contribution in [3.8, 4) is 23.3 Å². The van der Waals surface area contributed by atoms with Crippen molar-refractivity contribution in [2.45, 2.75) is 24.9 Å². The Bertz CT molecular complexity index is 1160. The topological polar surface area (TPSA) is 146 Å². The molecular weight excluding hydrogens is 402 g/mol. The first-order valence-electron chi connectivity index (χ1n) is 8.94. The van der Waals surface area contributed by atoms with E-state index in [4.69, 9.17) is 10.3 Å². The smallest absolute Gasteiger partial charge is 0.302 e. The number of amides is 1.